The first kappa shape index (κ1) is 25.2. The topological polar surface area (TPSA) is 101 Å². The number of nitrogens with zero attached hydrogens (tertiary/aromatic N) is 3. The summed E-state index contributed by atoms with van der Waals surface area (Å²) in [5.74, 6) is 1.25. The quantitative estimate of drug-likeness (QED) is 0.462. The van der Waals surface area contributed by atoms with Crippen LogP contribution in [0.5, 0.6) is 11.5 Å². The van der Waals surface area contributed by atoms with Gasteiger partial charge in [0.1, 0.15) is 21.7 Å². The molecule has 1 aromatic heterocycles. The van der Waals surface area contributed by atoms with Crippen LogP contribution in [0.1, 0.15) is 17.3 Å². The van der Waals surface area contributed by atoms with Gasteiger partial charge in [-0.15, -0.1) is 0 Å². The number of hydrogen-bond acceptors (Lipinski definition) is 9. The van der Waals surface area contributed by atoms with Crippen molar-refractivity contribution in [3.63, 3.8) is 0 Å². The van der Waals surface area contributed by atoms with Gasteiger partial charge >= 0.3 is 0 Å². The summed E-state index contributed by atoms with van der Waals surface area (Å²) >= 11 is 1.60. The van der Waals surface area contributed by atoms with Crippen LogP contribution in [-0.2, 0) is 9.84 Å². The summed E-state index contributed by atoms with van der Waals surface area (Å²) < 4.78 is 36.1. The molecule has 11 heteroatoms. The first-order valence-corrected chi connectivity index (χ1v) is 13.9. The fourth-order valence-electron chi connectivity index (χ4n) is 4.00. The van der Waals surface area contributed by atoms with Crippen molar-refractivity contribution in [3.8, 4) is 11.5 Å². The van der Waals surface area contributed by atoms with Gasteiger partial charge in [-0.1, -0.05) is 24.3 Å². The van der Waals surface area contributed by atoms with Gasteiger partial charge in [0, 0.05) is 44.8 Å². The van der Waals surface area contributed by atoms with Crippen molar-refractivity contribution in [1.29, 1.82) is 0 Å². The number of ether oxygens (including phenoxy) is 2. The van der Waals surface area contributed by atoms with Crippen LogP contribution in [0.2, 0.25) is 0 Å². The van der Waals surface area contributed by atoms with Crippen LogP contribution in [0.15, 0.2) is 41.3 Å². The highest BCUT2D eigenvalue weighted by Crippen LogP contribution is 2.40. The maximum atomic E-state index is 12.5. The Bertz CT molecular complexity index is 1260. The molecule has 2 heterocycles. The van der Waals surface area contributed by atoms with Gasteiger partial charge in [0.15, 0.2) is 15.0 Å². The number of sulfone groups is 1. The molecule has 9 nitrogen and oxygen atoms in total. The lowest BCUT2D eigenvalue weighted by molar-refractivity contribution is 0.0947. The molecule has 1 aliphatic heterocycles. The van der Waals surface area contributed by atoms with Crippen molar-refractivity contribution in [1.82, 2.24) is 15.2 Å². The van der Waals surface area contributed by atoms with E-state index in [0.717, 1.165) is 53.0 Å². The van der Waals surface area contributed by atoms with Crippen LogP contribution in [0, 0.1) is 0 Å². The lowest BCUT2D eigenvalue weighted by atomic mass is 10.2. The highest BCUT2D eigenvalue weighted by molar-refractivity contribution is 7.91. The van der Waals surface area contributed by atoms with Crippen LogP contribution in [0.3, 0.4) is 0 Å². The van der Waals surface area contributed by atoms with Gasteiger partial charge in [0.25, 0.3) is 5.91 Å². The number of piperazine rings is 1. The number of amides is 1. The molecule has 1 saturated heterocycles. The Labute approximate surface area is 209 Å². The van der Waals surface area contributed by atoms with Crippen LogP contribution in [-0.4, -0.2) is 83.4 Å². The molecule has 0 saturated carbocycles. The Hall–Kier alpha value is -2.89. The number of methoxy groups -OCH3 is 2. The van der Waals surface area contributed by atoms with E-state index in [1.807, 2.05) is 12.1 Å². The number of fused-ring (bicyclic) bond motifs is 1. The molecule has 0 radical (unpaired) electrons. The van der Waals surface area contributed by atoms with E-state index in [1.165, 1.54) is 12.1 Å². The fourth-order valence-corrected chi connectivity index (χ4v) is 6.05. The number of carbonyl (C=O) groups is 1. The molecule has 0 spiro atoms. The van der Waals surface area contributed by atoms with Gasteiger partial charge in [0.05, 0.1) is 24.9 Å². The molecule has 1 aliphatic rings. The van der Waals surface area contributed by atoms with Gasteiger partial charge in [-0.2, -0.15) is 0 Å². The maximum absolute atomic E-state index is 12.5. The van der Waals surface area contributed by atoms with Crippen molar-refractivity contribution in [3.05, 3.63) is 42.0 Å². The summed E-state index contributed by atoms with van der Waals surface area (Å²) in [5, 5.41) is 3.84. The zero-order chi connectivity index (χ0) is 25.0. The standard InChI is InChI=1S/C24H30N4O5S2/c1-4-35(30,31)18-7-5-6-17(16-18)23(29)25-10-11-27-12-14-28(15-13-27)24-26-21-19(32-2)8-9-20(33-3)22(21)34-24/h5-9,16H,4,10-15H2,1-3H3,(H,25,29). The van der Waals surface area contributed by atoms with E-state index < -0.39 is 9.84 Å². The molecule has 1 fully saturated rings. The molecule has 4 rings (SSSR count). The summed E-state index contributed by atoms with van der Waals surface area (Å²) in [5.41, 5.74) is 1.17. The monoisotopic (exact) mass is 518 g/mol. The third-order valence-corrected chi connectivity index (χ3v) is 8.95. The smallest absolute Gasteiger partial charge is 0.251 e. The molecule has 188 valence electrons. The Morgan fingerprint density at radius 3 is 2.49 bits per heavy atom. The fraction of sp³-hybridized carbons (Fsp3) is 0.417. The molecule has 2 aromatic carbocycles. The largest absolute Gasteiger partial charge is 0.495 e. The van der Waals surface area contributed by atoms with Crippen molar-refractivity contribution < 1.29 is 22.7 Å². The Morgan fingerprint density at radius 1 is 1.09 bits per heavy atom. The molecule has 0 aliphatic carbocycles. The van der Waals surface area contributed by atoms with Crippen molar-refractivity contribution in [2.24, 2.45) is 0 Å². The summed E-state index contributed by atoms with van der Waals surface area (Å²) in [6.07, 6.45) is 0. The van der Waals surface area contributed by atoms with Crippen LogP contribution < -0.4 is 19.7 Å². The normalized spacial score (nSPS) is 14.8. The summed E-state index contributed by atoms with van der Waals surface area (Å²) in [4.78, 5) is 22.1. The van der Waals surface area contributed by atoms with E-state index in [2.05, 4.69) is 15.1 Å². The maximum Gasteiger partial charge on any atom is 0.251 e. The Kier molecular flexibility index (Phi) is 7.78. The number of benzene rings is 2. The average molecular weight is 519 g/mol. The number of carbonyl (C=O) groups excluding carboxylic acids is 1. The second kappa shape index (κ2) is 10.8. The molecule has 0 bridgehead atoms. The van der Waals surface area contributed by atoms with Gasteiger partial charge in [0.2, 0.25) is 0 Å². The molecule has 1 amide bonds. The molecule has 1 N–H and O–H groups in total. The van der Waals surface area contributed by atoms with Crippen LogP contribution in [0.25, 0.3) is 10.2 Å². The van der Waals surface area contributed by atoms with Crippen LogP contribution in [0.4, 0.5) is 5.13 Å². The zero-order valence-electron chi connectivity index (χ0n) is 20.1. The van der Waals surface area contributed by atoms with E-state index in [4.69, 9.17) is 14.5 Å². The molecular weight excluding hydrogens is 488 g/mol. The van der Waals surface area contributed by atoms with E-state index in [-0.39, 0.29) is 16.6 Å². The molecule has 0 unspecified atom stereocenters. The third kappa shape index (κ3) is 5.52. The lowest BCUT2D eigenvalue weighted by Gasteiger charge is -2.34. The van der Waals surface area contributed by atoms with E-state index in [1.54, 1.807) is 44.6 Å². The Balaban J connectivity index is 1.30. The van der Waals surface area contributed by atoms with Crippen molar-refractivity contribution in [2.75, 3.05) is 64.1 Å². The summed E-state index contributed by atoms with van der Waals surface area (Å²) in [6.45, 7) is 6.15. The van der Waals surface area contributed by atoms with E-state index >= 15 is 0 Å². The number of aromatic nitrogens is 1. The summed E-state index contributed by atoms with van der Waals surface area (Å²) in [7, 11) is -0.0526. The van der Waals surface area contributed by atoms with Gasteiger partial charge in [-0.05, 0) is 30.3 Å². The van der Waals surface area contributed by atoms with Gasteiger partial charge in [-0.25, -0.2) is 13.4 Å². The predicted octanol–water partition coefficient (Wildman–Crippen LogP) is 2.66. The second-order valence-electron chi connectivity index (χ2n) is 8.16. The van der Waals surface area contributed by atoms with Crippen molar-refractivity contribution in [2.45, 2.75) is 11.8 Å². The third-order valence-electron chi connectivity index (χ3n) is 6.09. The van der Waals surface area contributed by atoms with E-state index in [9.17, 15) is 13.2 Å². The van der Waals surface area contributed by atoms with Gasteiger partial charge in [-0.3, -0.25) is 9.69 Å². The number of nitrogens with one attached hydrogen (secondary N) is 1. The Morgan fingerprint density at radius 2 is 1.80 bits per heavy atom. The molecule has 35 heavy (non-hydrogen) atoms. The number of hydrogen-bond donors (Lipinski definition) is 1. The number of thiazole rings is 1. The average Bonchev–Trinajstić information content (AvgIpc) is 3.34. The predicted molar refractivity (Wildman–Crippen MR) is 138 cm³/mol. The molecule has 3 aromatic rings. The summed E-state index contributed by atoms with van der Waals surface area (Å²) in [6, 6.07) is 9.96. The SMILES string of the molecule is CCS(=O)(=O)c1cccc(C(=O)NCCN2CCN(c3nc4c(OC)ccc(OC)c4s3)CC2)c1. The highest BCUT2D eigenvalue weighted by Gasteiger charge is 2.22. The van der Waals surface area contributed by atoms with E-state index in [0.29, 0.717) is 18.7 Å². The highest BCUT2D eigenvalue weighted by atomic mass is 32.2. The van der Waals surface area contributed by atoms with Crippen LogP contribution >= 0.6 is 11.3 Å². The lowest BCUT2D eigenvalue weighted by Crippen LogP contribution is -2.48. The first-order chi connectivity index (χ1) is 16.9. The molecular formula is C24H30N4O5S2. The minimum absolute atomic E-state index is 0.00214. The number of rotatable bonds is 9. The first-order valence-electron chi connectivity index (χ1n) is 11.5. The minimum Gasteiger partial charge on any atom is -0.495 e. The minimum atomic E-state index is -3.35. The zero-order valence-corrected chi connectivity index (χ0v) is 21.7. The van der Waals surface area contributed by atoms with Gasteiger partial charge < -0.3 is 19.7 Å². The molecule has 0 atom stereocenters. The van der Waals surface area contributed by atoms with Crippen molar-refractivity contribution >= 4 is 42.4 Å². The number of anilines is 1. The second-order valence-corrected chi connectivity index (χ2v) is 11.4.